The molecule has 1 aliphatic carbocycles. The Morgan fingerprint density at radius 2 is 1.84 bits per heavy atom. The number of hydrogen-bond donors (Lipinski definition) is 1. The summed E-state index contributed by atoms with van der Waals surface area (Å²) in [5.41, 5.74) is 7.49. The van der Waals surface area contributed by atoms with Crippen LogP contribution in [0.25, 0.3) is 0 Å². The first-order chi connectivity index (χ1) is 8.89. The largest absolute Gasteiger partial charge is 0.397 e. The van der Waals surface area contributed by atoms with Gasteiger partial charge in [0.05, 0.1) is 16.3 Å². The Balaban J connectivity index is 2.25. The highest BCUT2D eigenvalue weighted by Crippen LogP contribution is 2.31. The Kier molecular flexibility index (Phi) is 4.04. The van der Waals surface area contributed by atoms with Crippen LogP contribution in [0.1, 0.15) is 32.1 Å². The maximum Gasteiger partial charge on any atom is 0.175 e. The van der Waals surface area contributed by atoms with E-state index in [1.165, 1.54) is 38.4 Å². The summed E-state index contributed by atoms with van der Waals surface area (Å²) < 4.78 is 23.0. The second-order valence-corrected chi connectivity index (χ2v) is 7.41. The highest BCUT2D eigenvalue weighted by atomic mass is 32.2. The van der Waals surface area contributed by atoms with Gasteiger partial charge in [-0.1, -0.05) is 19.3 Å². The van der Waals surface area contributed by atoms with Crippen molar-refractivity contribution in [2.75, 3.05) is 23.9 Å². The lowest BCUT2D eigenvalue weighted by atomic mass is 9.94. The third-order valence-corrected chi connectivity index (χ3v) is 5.04. The third-order valence-electron chi connectivity index (χ3n) is 3.93. The molecule has 5 heteroatoms. The molecule has 2 N–H and O–H groups in total. The van der Waals surface area contributed by atoms with Crippen LogP contribution in [0.2, 0.25) is 0 Å². The summed E-state index contributed by atoms with van der Waals surface area (Å²) in [6, 6.07) is 5.53. The van der Waals surface area contributed by atoms with E-state index < -0.39 is 9.84 Å². The maximum atomic E-state index is 11.5. The molecule has 0 spiro atoms. The van der Waals surface area contributed by atoms with Crippen molar-refractivity contribution in [2.45, 2.75) is 43.0 Å². The molecule has 1 aromatic rings. The molecule has 1 fully saturated rings. The van der Waals surface area contributed by atoms with Gasteiger partial charge in [-0.3, -0.25) is 0 Å². The zero-order valence-electron chi connectivity index (χ0n) is 11.6. The van der Waals surface area contributed by atoms with E-state index in [1.54, 1.807) is 12.1 Å². The van der Waals surface area contributed by atoms with Crippen molar-refractivity contribution in [3.63, 3.8) is 0 Å². The molecule has 0 saturated heterocycles. The van der Waals surface area contributed by atoms with Crippen molar-refractivity contribution in [1.82, 2.24) is 0 Å². The number of sulfone groups is 1. The van der Waals surface area contributed by atoms with Crippen LogP contribution in [-0.2, 0) is 9.84 Å². The van der Waals surface area contributed by atoms with E-state index in [0.29, 0.717) is 11.7 Å². The van der Waals surface area contributed by atoms with Gasteiger partial charge >= 0.3 is 0 Å². The number of nitrogens with two attached hydrogens (primary N) is 1. The molecule has 1 aromatic carbocycles. The van der Waals surface area contributed by atoms with Crippen LogP contribution in [0, 0.1) is 0 Å². The number of nitrogen functional groups attached to an aromatic ring is 1. The predicted octanol–water partition coefficient (Wildman–Crippen LogP) is 2.44. The smallest absolute Gasteiger partial charge is 0.175 e. The Hall–Kier alpha value is -1.23. The van der Waals surface area contributed by atoms with Gasteiger partial charge in [-0.2, -0.15) is 0 Å². The molecule has 0 aromatic heterocycles. The average molecular weight is 282 g/mol. The van der Waals surface area contributed by atoms with Crippen LogP contribution >= 0.6 is 0 Å². The Morgan fingerprint density at radius 3 is 2.37 bits per heavy atom. The quantitative estimate of drug-likeness (QED) is 0.865. The van der Waals surface area contributed by atoms with Crippen molar-refractivity contribution in [2.24, 2.45) is 0 Å². The van der Waals surface area contributed by atoms with E-state index >= 15 is 0 Å². The SMILES string of the molecule is CN(c1ccc(S(C)(=O)=O)cc1N)C1CCCCC1. The van der Waals surface area contributed by atoms with E-state index in [4.69, 9.17) is 5.73 Å². The van der Waals surface area contributed by atoms with Crippen molar-refractivity contribution < 1.29 is 8.42 Å². The Bertz CT molecular complexity index is 549. The highest BCUT2D eigenvalue weighted by molar-refractivity contribution is 7.90. The van der Waals surface area contributed by atoms with Crippen LogP contribution in [0.5, 0.6) is 0 Å². The predicted molar refractivity (Wildman–Crippen MR) is 79.2 cm³/mol. The van der Waals surface area contributed by atoms with E-state index in [-0.39, 0.29) is 4.90 Å². The molecule has 0 unspecified atom stereocenters. The van der Waals surface area contributed by atoms with Crippen molar-refractivity contribution in [1.29, 1.82) is 0 Å². The normalized spacial score (nSPS) is 17.4. The fraction of sp³-hybridized carbons (Fsp3) is 0.571. The minimum Gasteiger partial charge on any atom is -0.397 e. The highest BCUT2D eigenvalue weighted by Gasteiger charge is 2.20. The Morgan fingerprint density at radius 1 is 1.21 bits per heavy atom. The van der Waals surface area contributed by atoms with E-state index in [9.17, 15) is 8.42 Å². The van der Waals surface area contributed by atoms with Crippen LogP contribution in [0.4, 0.5) is 11.4 Å². The molecule has 4 nitrogen and oxygen atoms in total. The van der Waals surface area contributed by atoms with Crippen LogP contribution < -0.4 is 10.6 Å². The maximum absolute atomic E-state index is 11.5. The molecule has 0 heterocycles. The summed E-state index contributed by atoms with van der Waals surface area (Å²) in [6.45, 7) is 0. The van der Waals surface area contributed by atoms with Gasteiger partial charge < -0.3 is 10.6 Å². The first-order valence-electron chi connectivity index (χ1n) is 6.72. The minimum atomic E-state index is -3.19. The fourth-order valence-corrected chi connectivity index (χ4v) is 3.41. The summed E-state index contributed by atoms with van der Waals surface area (Å²) in [7, 11) is -1.15. The lowest BCUT2D eigenvalue weighted by Crippen LogP contribution is -2.33. The summed E-state index contributed by atoms with van der Waals surface area (Å²) in [6.07, 6.45) is 7.40. The van der Waals surface area contributed by atoms with Gasteiger partial charge in [0.25, 0.3) is 0 Å². The summed E-state index contributed by atoms with van der Waals surface area (Å²) in [5, 5.41) is 0. The van der Waals surface area contributed by atoms with Crippen molar-refractivity contribution >= 4 is 21.2 Å². The van der Waals surface area contributed by atoms with Crippen molar-refractivity contribution in [3.8, 4) is 0 Å². The second kappa shape index (κ2) is 5.41. The molecule has 1 aliphatic rings. The van der Waals surface area contributed by atoms with E-state index in [2.05, 4.69) is 4.90 Å². The van der Waals surface area contributed by atoms with Gasteiger partial charge in [-0.25, -0.2) is 8.42 Å². The van der Waals surface area contributed by atoms with Crippen LogP contribution in [0.15, 0.2) is 23.1 Å². The number of benzene rings is 1. The van der Waals surface area contributed by atoms with Gasteiger partial charge in [-0.15, -0.1) is 0 Å². The number of anilines is 2. The molecule has 106 valence electrons. The van der Waals surface area contributed by atoms with Gasteiger partial charge in [0.1, 0.15) is 0 Å². The molecule has 2 rings (SSSR count). The molecule has 0 radical (unpaired) electrons. The summed E-state index contributed by atoms with van der Waals surface area (Å²) >= 11 is 0. The third kappa shape index (κ3) is 3.21. The van der Waals surface area contributed by atoms with Crippen LogP contribution in [-0.4, -0.2) is 27.8 Å². The molecule has 0 amide bonds. The standard InChI is InChI=1S/C14H22N2O2S/c1-16(11-6-4-3-5-7-11)14-9-8-12(10-13(14)15)19(2,17)18/h8-11H,3-7,15H2,1-2H3. The summed E-state index contributed by atoms with van der Waals surface area (Å²) in [5.74, 6) is 0. The van der Waals surface area contributed by atoms with Gasteiger partial charge in [0.15, 0.2) is 9.84 Å². The molecular formula is C14H22N2O2S. The summed E-state index contributed by atoms with van der Waals surface area (Å²) in [4.78, 5) is 2.48. The van der Waals surface area contributed by atoms with Crippen molar-refractivity contribution in [3.05, 3.63) is 18.2 Å². The molecule has 1 saturated carbocycles. The molecule has 0 atom stereocenters. The lowest BCUT2D eigenvalue weighted by Gasteiger charge is -2.33. The number of rotatable bonds is 3. The minimum absolute atomic E-state index is 0.283. The average Bonchev–Trinajstić information content (AvgIpc) is 2.38. The van der Waals surface area contributed by atoms with E-state index in [0.717, 1.165) is 5.69 Å². The van der Waals surface area contributed by atoms with Gasteiger partial charge in [0, 0.05) is 19.3 Å². The zero-order valence-corrected chi connectivity index (χ0v) is 12.4. The van der Waals surface area contributed by atoms with Crippen LogP contribution in [0.3, 0.4) is 0 Å². The second-order valence-electron chi connectivity index (χ2n) is 5.40. The zero-order chi connectivity index (χ0) is 14.0. The topological polar surface area (TPSA) is 63.4 Å². The number of hydrogen-bond acceptors (Lipinski definition) is 4. The number of nitrogens with zero attached hydrogens (tertiary/aromatic N) is 1. The molecular weight excluding hydrogens is 260 g/mol. The lowest BCUT2D eigenvalue weighted by molar-refractivity contribution is 0.428. The molecule has 0 bridgehead atoms. The molecule has 0 aliphatic heterocycles. The van der Waals surface area contributed by atoms with Gasteiger partial charge in [-0.05, 0) is 31.0 Å². The monoisotopic (exact) mass is 282 g/mol. The molecule has 19 heavy (non-hydrogen) atoms. The van der Waals surface area contributed by atoms with Gasteiger partial charge in [0.2, 0.25) is 0 Å². The first kappa shape index (κ1) is 14.2. The fourth-order valence-electron chi connectivity index (χ4n) is 2.75. The Labute approximate surface area is 115 Å². The first-order valence-corrected chi connectivity index (χ1v) is 8.61. The van der Waals surface area contributed by atoms with E-state index in [1.807, 2.05) is 13.1 Å².